The first kappa shape index (κ1) is 10.7. The highest BCUT2D eigenvalue weighted by atomic mass is 16.1. The topological polar surface area (TPSA) is 41.1 Å². The summed E-state index contributed by atoms with van der Waals surface area (Å²) in [5.41, 5.74) is 0. The summed E-state index contributed by atoms with van der Waals surface area (Å²) in [7, 11) is 1.81. The fraction of sp³-hybridized carbons (Fsp3) is 0.167. The number of carbonyl (C=O) groups is 1. The van der Waals surface area contributed by atoms with E-state index in [1.54, 1.807) is 6.20 Å². The van der Waals surface area contributed by atoms with Crippen molar-refractivity contribution in [2.75, 3.05) is 7.05 Å². The van der Waals surface area contributed by atoms with Crippen LogP contribution in [0.5, 0.6) is 0 Å². The zero-order valence-electron chi connectivity index (χ0n) is 5.55. The Balaban J connectivity index is 0. The highest BCUT2D eigenvalue weighted by Crippen LogP contribution is 1.35. The lowest BCUT2D eigenvalue weighted by molar-refractivity contribution is -0.108. The lowest BCUT2D eigenvalue weighted by Crippen LogP contribution is -1.96. The van der Waals surface area contributed by atoms with Crippen molar-refractivity contribution < 1.29 is 4.79 Å². The van der Waals surface area contributed by atoms with Gasteiger partial charge in [-0.2, -0.15) is 0 Å². The van der Waals surface area contributed by atoms with E-state index in [1.807, 2.05) is 7.05 Å². The highest BCUT2D eigenvalue weighted by Gasteiger charge is 1.50. The molecule has 0 bridgehead atoms. The summed E-state index contributed by atoms with van der Waals surface area (Å²) in [6.45, 7) is 6.58. The van der Waals surface area contributed by atoms with Crippen LogP contribution in [0.1, 0.15) is 0 Å². The van der Waals surface area contributed by atoms with Crippen molar-refractivity contribution >= 4 is 6.41 Å². The van der Waals surface area contributed by atoms with Gasteiger partial charge >= 0.3 is 0 Å². The lowest BCUT2D eigenvalue weighted by Gasteiger charge is -1.70. The second-order valence-corrected chi connectivity index (χ2v) is 0.981. The third-order valence-corrected chi connectivity index (χ3v) is 0.390. The Morgan fingerprint density at radius 1 is 1.33 bits per heavy atom. The fourth-order valence-electron chi connectivity index (χ4n) is 0.0481. The van der Waals surface area contributed by atoms with Crippen LogP contribution in [-0.4, -0.2) is 13.5 Å². The molecule has 0 unspecified atom stereocenters. The van der Waals surface area contributed by atoms with Gasteiger partial charge in [-0.05, 0) is 12.4 Å². The smallest absolute Gasteiger partial charge is 0.211 e. The number of carbonyl (C=O) groups excluding carboxylic acids is 1. The molecule has 0 aliphatic carbocycles. The van der Waals surface area contributed by atoms with Crippen molar-refractivity contribution in [3.8, 4) is 0 Å². The molecule has 0 aromatic heterocycles. The zero-order chi connectivity index (χ0) is 7.54. The first-order valence-corrected chi connectivity index (χ1v) is 2.42. The Kier molecular flexibility index (Phi) is 18.8. The minimum absolute atomic E-state index is 0.562. The molecule has 0 radical (unpaired) electrons. The van der Waals surface area contributed by atoms with Gasteiger partial charge < -0.3 is 10.6 Å². The van der Waals surface area contributed by atoms with Crippen LogP contribution in [0, 0.1) is 0 Å². The molecule has 0 saturated heterocycles. The molecule has 0 rings (SSSR count). The van der Waals surface area contributed by atoms with Crippen LogP contribution in [0.2, 0.25) is 0 Å². The molecule has 0 aromatic carbocycles. The summed E-state index contributed by atoms with van der Waals surface area (Å²) in [4.78, 5) is 9.22. The van der Waals surface area contributed by atoms with Gasteiger partial charge in [0.05, 0.1) is 0 Å². The van der Waals surface area contributed by atoms with Gasteiger partial charge in [0.15, 0.2) is 0 Å². The molecule has 0 aliphatic rings. The van der Waals surface area contributed by atoms with E-state index < -0.39 is 0 Å². The number of rotatable bonds is 3. The average molecular weight is 128 g/mol. The molecule has 0 aromatic rings. The van der Waals surface area contributed by atoms with Crippen LogP contribution in [0.15, 0.2) is 25.6 Å². The summed E-state index contributed by atoms with van der Waals surface area (Å²) >= 11 is 0. The van der Waals surface area contributed by atoms with Gasteiger partial charge in [-0.25, -0.2) is 0 Å². The SMILES string of the molecule is C=CNC.C=CNC=O. The van der Waals surface area contributed by atoms with Gasteiger partial charge in [-0.3, -0.25) is 4.79 Å². The summed E-state index contributed by atoms with van der Waals surface area (Å²) in [6, 6.07) is 0. The molecular formula is C6H12N2O. The molecule has 0 fully saturated rings. The van der Waals surface area contributed by atoms with Crippen LogP contribution in [0.4, 0.5) is 0 Å². The Morgan fingerprint density at radius 3 is 1.78 bits per heavy atom. The molecule has 0 heterocycles. The molecule has 2 N–H and O–H groups in total. The number of hydrogen-bond donors (Lipinski definition) is 2. The molecule has 52 valence electrons. The van der Waals surface area contributed by atoms with Gasteiger partial charge in [0, 0.05) is 7.05 Å². The maximum Gasteiger partial charge on any atom is 0.211 e. The molecule has 3 nitrogen and oxygen atoms in total. The number of hydrogen-bond acceptors (Lipinski definition) is 2. The Bertz CT molecular complexity index is 75.1. The molecule has 3 heteroatoms. The van der Waals surface area contributed by atoms with Crippen molar-refractivity contribution in [3.05, 3.63) is 25.6 Å². The van der Waals surface area contributed by atoms with Gasteiger partial charge in [0.25, 0.3) is 0 Å². The van der Waals surface area contributed by atoms with Crippen LogP contribution in [-0.2, 0) is 4.79 Å². The molecule has 1 amide bonds. The zero-order valence-corrected chi connectivity index (χ0v) is 5.55. The first-order chi connectivity index (χ1) is 4.33. The monoisotopic (exact) mass is 128 g/mol. The van der Waals surface area contributed by atoms with Gasteiger partial charge in [0.2, 0.25) is 6.41 Å². The Morgan fingerprint density at radius 2 is 1.78 bits per heavy atom. The van der Waals surface area contributed by atoms with Crippen LogP contribution < -0.4 is 10.6 Å². The summed E-state index contributed by atoms with van der Waals surface area (Å²) in [5, 5.41) is 4.89. The third-order valence-electron chi connectivity index (χ3n) is 0.390. The second-order valence-electron chi connectivity index (χ2n) is 0.981. The minimum atomic E-state index is 0.562. The summed E-state index contributed by atoms with van der Waals surface area (Å²) < 4.78 is 0. The van der Waals surface area contributed by atoms with E-state index in [-0.39, 0.29) is 0 Å². The van der Waals surface area contributed by atoms with Crippen LogP contribution in [0.3, 0.4) is 0 Å². The van der Waals surface area contributed by atoms with Crippen molar-refractivity contribution in [2.24, 2.45) is 0 Å². The van der Waals surface area contributed by atoms with Crippen molar-refractivity contribution in [1.29, 1.82) is 0 Å². The summed E-state index contributed by atoms with van der Waals surface area (Å²) in [6.07, 6.45) is 3.50. The van der Waals surface area contributed by atoms with Crippen LogP contribution in [0.25, 0.3) is 0 Å². The molecule has 0 atom stereocenters. The third kappa shape index (κ3) is 49.7. The quantitative estimate of drug-likeness (QED) is 0.534. The van der Waals surface area contributed by atoms with Crippen molar-refractivity contribution in [2.45, 2.75) is 0 Å². The highest BCUT2D eigenvalue weighted by molar-refractivity contribution is 5.47. The molecular weight excluding hydrogens is 116 g/mol. The maximum atomic E-state index is 9.22. The molecule has 0 aliphatic heterocycles. The molecule has 9 heavy (non-hydrogen) atoms. The normalized spacial score (nSPS) is 5.44. The van der Waals surface area contributed by atoms with Gasteiger partial charge in [-0.1, -0.05) is 13.2 Å². The van der Waals surface area contributed by atoms with Gasteiger partial charge in [-0.15, -0.1) is 0 Å². The molecule has 0 saturated carbocycles. The van der Waals surface area contributed by atoms with E-state index in [9.17, 15) is 4.79 Å². The van der Waals surface area contributed by atoms with Crippen LogP contribution >= 0.6 is 0 Å². The summed E-state index contributed by atoms with van der Waals surface area (Å²) in [5.74, 6) is 0. The van der Waals surface area contributed by atoms with E-state index in [0.717, 1.165) is 0 Å². The number of nitrogens with one attached hydrogen (secondary N) is 2. The van der Waals surface area contributed by atoms with E-state index in [1.165, 1.54) is 6.20 Å². The average Bonchev–Trinajstić information content (AvgIpc) is 1.91. The predicted octanol–water partition coefficient (Wildman–Crippen LogP) is 0.225. The van der Waals surface area contributed by atoms with E-state index in [4.69, 9.17) is 0 Å². The largest absolute Gasteiger partial charge is 0.394 e. The lowest BCUT2D eigenvalue weighted by atomic mass is 11.0. The first-order valence-electron chi connectivity index (χ1n) is 2.42. The fourth-order valence-corrected chi connectivity index (χ4v) is 0.0481. The Labute approximate surface area is 55.5 Å². The Hall–Kier alpha value is -1.25. The van der Waals surface area contributed by atoms with Crippen molar-refractivity contribution in [3.63, 3.8) is 0 Å². The minimum Gasteiger partial charge on any atom is -0.394 e. The molecule has 0 spiro atoms. The standard InChI is InChI=1S/C3H5NO.C3H7N/c1-2-4-3-5;1-3-4-2/h2-3H,1H2,(H,4,5);3-4H,1H2,2H3. The maximum absolute atomic E-state index is 9.22. The van der Waals surface area contributed by atoms with E-state index >= 15 is 0 Å². The van der Waals surface area contributed by atoms with E-state index in [2.05, 4.69) is 23.8 Å². The van der Waals surface area contributed by atoms with E-state index in [0.29, 0.717) is 6.41 Å². The van der Waals surface area contributed by atoms with Gasteiger partial charge in [0.1, 0.15) is 0 Å². The van der Waals surface area contributed by atoms with Crippen molar-refractivity contribution in [1.82, 2.24) is 10.6 Å². The predicted molar refractivity (Wildman–Crippen MR) is 38.7 cm³/mol. The second kappa shape index (κ2) is 15.9. The number of amides is 1.